The van der Waals surface area contributed by atoms with Gasteiger partial charge in [0.25, 0.3) is 11.8 Å². The molecule has 0 bridgehead atoms. The van der Waals surface area contributed by atoms with Crippen molar-refractivity contribution >= 4 is 33.9 Å². The van der Waals surface area contributed by atoms with Crippen LogP contribution in [0.3, 0.4) is 0 Å². The molecule has 43 heavy (non-hydrogen) atoms. The van der Waals surface area contributed by atoms with E-state index in [1.165, 1.54) is 56.4 Å². The summed E-state index contributed by atoms with van der Waals surface area (Å²) in [6, 6.07) is 12.3. The van der Waals surface area contributed by atoms with Gasteiger partial charge in [-0.2, -0.15) is 0 Å². The predicted molar refractivity (Wildman–Crippen MR) is 153 cm³/mol. The topological polar surface area (TPSA) is 110 Å². The van der Waals surface area contributed by atoms with Gasteiger partial charge in [0, 0.05) is 49.0 Å². The molecule has 6 rings (SSSR count). The van der Waals surface area contributed by atoms with Crippen LogP contribution in [0, 0.1) is 24.4 Å². The first kappa shape index (κ1) is 27.7. The normalized spacial score (nSPS) is 11.3. The fourth-order valence-electron chi connectivity index (χ4n) is 4.91. The van der Waals surface area contributed by atoms with Crippen LogP contribution in [0.15, 0.2) is 75.8 Å². The highest BCUT2D eigenvalue weighted by atomic mass is 19.1. The summed E-state index contributed by atoms with van der Waals surface area (Å²) in [6.45, 7) is 1.62. The maximum Gasteiger partial charge on any atom is 0.255 e. The number of pyridine rings is 1. The number of furan rings is 1. The van der Waals surface area contributed by atoms with E-state index in [9.17, 15) is 14.0 Å². The lowest BCUT2D eigenvalue weighted by atomic mass is 9.94. The Morgan fingerprint density at radius 3 is 2.44 bits per heavy atom. The van der Waals surface area contributed by atoms with Crippen molar-refractivity contribution in [3.05, 3.63) is 107 Å². The minimum absolute atomic E-state index is 0.0231. The van der Waals surface area contributed by atoms with Gasteiger partial charge in [0.1, 0.15) is 34.3 Å². The van der Waals surface area contributed by atoms with E-state index < -0.39 is 29.3 Å². The van der Waals surface area contributed by atoms with Crippen molar-refractivity contribution in [1.82, 2.24) is 20.6 Å². The largest absolute Gasteiger partial charge is 0.455 e. The van der Waals surface area contributed by atoms with Gasteiger partial charge in [0.05, 0.1) is 17.1 Å². The lowest BCUT2D eigenvalue weighted by Crippen LogP contribution is -2.26. The molecule has 0 aliphatic rings. The van der Waals surface area contributed by atoms with E-state index in [1.807, 2.05) is 0 Å². The Kier molecular flexibility index (Phi) is 7.14. The van der Waals surface area contributed by atoms with Gasteiger partial charge in [-0.1, -0.05) is 0 Å². The predicted octanol–water partition coefficient (Wildman–Crippen LogP) is 6.36. The molecular formula is C32H23F3N4O4. The van der Waals surface area contributed by atoms with E-state index in [2.05, 4.69) is 20.6 Å². The molecule has 3 heterocycles. The van der Waals surface area contributed by atoms with Gasteiger partial charge in [-0.15, -0.1) is 0 Å². The molecule has 0 fully saturated rings. The summed E-state index contributed by atoms with van der Waals surface area (Å²) < 4.78 is 56.4. The number of halogens is 3. The Hall–Kier alpha value is -5.45. The van der Waals surface area contributed by atoms with Crippen LogP contribution in [-0.2, 0) is 6.42 Å². The summed E-state index contributed by atoms with van der Waals surface area (Å²) in [4.78, 5) is 34.2. The second-order valence-electron chi connectivity index (χ2n) is 9.78. The molecule has 0 saturated heterocycles. The molecule has 0 atom stereocenters. The van der Waals surface area contributed by atoms with Crippen LogP contribution in [0.2, 0.25) is 0 Å². The van der Waals surface area contributed by atoms with Gasteiger partial charge in [0.15, 0.2) is 11.5 Å². The molecule has 6 aromatic rings. The molecule has 0 radical (unpaired) electrons. The van der Waals surface area contributed by atoms with Crippen LogP contribution < -0.4 is 10.6 Å². The first-order chi connectivity index (χ1) is 20.7. The van der Waals surface area contributed by atoms with Crippen LogP contribution in [-0.4, -0.2) is 35.4 Å². The maximum absolute atomic E-state index is 16.3. The van der Waals surface area contributed by atoms with Crippen LogP contribution >= 0.6 is 0 Å². The van der Waals surface area contributed by atoms with E-state index >= 15 is 8.78 Å². The Bertz CT molecular complexity index is 2000. The third kappa shape index (κ3) is 5.09. The molecule has 0 unspecified atom stereocenters. The smallest absolute Gasteiger partial charge is 0.255 e. The molecule has 2 amide bonds. The number of hydrogen-bond acceptors (Lipinski definition) is 6. The average Bonchev–Trinajstić information content (AvgIpc) is 3.61. The van der Waals surface area contributed by atoms with Crippen LogP contribution in [0.1, 0.15) is 32.2 Å². The quantitative estimate of drug-likeness (QED) is 0.226. The van der Waals surface area contributed by atoms with E-state index in [0.717, 1.165) is 6.07 Å². The van der Waals surface area contributed by atoms with E-state index in [-0.39, 0.29) is 57.5 Å². The number of carbonyl (C=O) groups is 2. The molecule has 0 aliphatic heterocycles. The summed E-state index contributed by atoms with van der Waals surface area (Å²) >= 11 is 0. The molecule has 3 aromatic carbocycles. The fourth-order valence-corrected chi connectivity index (χ4v) is 4.91. The molecule has 216 valence electrons. The van der Waals surface area contributed by atoms with Crippen molar-refractivity contribution in [2.24, 2.45) is 0 Å². The van der Waals surface area contributed by atoms with Crippen LogP contribution in [0.4, 0.5) is 13.2 Å². The Morgan fingerprint density at radius 2 is 1.70 bits per heavy atom. The Morgan fingerprint density at radius 1 is 0.907 bits per heavy atom. The highest BCUT2D eigenvalue weighted by Crippen LogP contribution is 2.39. The number of oxazole rings is 1. The SMILES string of the molecule is CNC(=O)c1c(-c2ccc(F)cc2)oc2ccc(-c3cc(C(=O)NCCc4nc5cnccc5o4)cc(F)c3C)c(F)c12. The minimum atomic E-state index is -0.835. The van der Waals surface area contributed by atoms with E-state index in [4.69, 9.17) is 8.83 Å². The number of hydrogen-bond donors (Lipinski definition) is 2. The lowest BCUT2D eigenvalue weighted by Gasteiger charge is -2.12. The van der Waals surface area contributed by atoms with Crippen molar-refractivity contribution in [3.8, 4) is 22.5 Å². The Balaban J connectivity index is 1.34. The van der Waals surface area contributed by atoms with Gasteiger partial charge < -0.3 is 19.5 Å². The van der Waals surface area contributed by atoms with Crippen molar-refractivity contribution < 1.29 is 31.6 Å². The third-order valence-electron chi connectivity index (χ3n) is 7.11. The van der Waals surface area contributed by atoms with Gasteiger partial charge in [-0.3, -0.25) is 14.6 Å². The summed E-state index contributed by atoms with van der Waals surface area (Å²) in [5, 5.41) is 5.07. The molecule has 8 nitrogen and oxygen atoms in total. The van der Waals surface area contributed by atoms with Crippen LogP contribution in [0.25, 0.3) is 44.5 Å². The highest BCUT2D eigenvalue weighted by Gasteiger charge is 2.27. The van der Waals surface area contributed by atoms with Crippen LogP contribution in [0.5, 0.6) is 0 Å². The number of benzene rings is 3. The number of carbonyl (C=O) groups excluding carboxylic acids is 2. The standard InChI is InChI=1S/C32H23F3N4O4/c1-16-21(13-18(14-22(16)34)31(40)38-12-10-26-39-23-15-37-11-9-24(23)42-26)20-7-8-25-27(29(20)35)28(32(41)36-2)30(43-25)17-3-5-19(33)6-4-17/h3-9,11,13-15H,10,12H2,1-2H3,(H,36,41)(H,38,40). The van der Waals surface area contributed by atoms with Crippen molar-refractivity contribution in [3.63, 3.8) is 0 Å². The molecular weight excluding hydrogens is 561 g/mol. The number of amides is 2. The molecule has 0 aliphatic carbocycles. The fraction of sp³-hybridized carbons (Fsp3) is 0.125. The summed E-state index contributed by atoms with van der Waals surface area (Å²) in [6.07, 6.45) is 3.43. The summed E-state index contributed by atoms with van der Waals surface area (Å²) in [7, 11) is 1.39. The van der Waals surface area contributed by atoms with Gasteiger partial charge in [-0.25, -0.2) is 18.2 Å². The van der Waals surface area contributed by atoms with Gasteiger partial charge in [0.2, 0.25) is 0 Å². The minimum Gasteiger partial charge on any atom is -0.455 e. The number of rotatable bonds is 7. The second kappa shape index (κ2) is 11.1. The second-order valence-corrected chi connectivity index (χ2v) is 9.78. The summed E-state index contributed by atoms with van der Waals surface area (Å²) in [5.74, 6) is -2.77. The van der Waals surface area contributed by atoms with E-state index in [0.29, 0.717) is 22.6 Å². The van der Waals surface area contributed by atoms with Crippen molar-refractivity contribution in [2.75, 3.05) is 13.6 Å². The number of nitrogens with zero attached hydrogens (tertiary/aromatic N) is 2. The molecule has 2 N–H and O–H groups in total. The number of fused-ring (bicyclic) bond motifs is 2. The first-order valence-electron chi connectivity index (χ1n) is 13.3. The van der Waals surface area contributed by atoms with Gasteiger partial charge in [-0.05, 0) is 66.6 Å². The van der Waals surface area contributed by atoms with E-state index in [1.54, 1.807) is 18.5 Å². The van der Waals surface area contributed by atoms with Crippen molar-refractivity contribution in [2.45, 2.75) is 13.3 Å². The zero-order valence-electron chi connectivity index (χ0n) is 22.9. The number of nitrogens with one attached hydrogen (secondary N) is 2. The molecule has 0 saturated carbocycles. The summed E-state index contributed by atoms with van der Waals surface area (Å²) in [5.41, 5.74) is 1.69. The maximum atomic E-state index is 16.3. The highest BCUT2D eigenvalue weighted by molar-refractivity contribution is 6.12. The average molecular weight is 585 g/mol. The number of aromatic nitrogens is 2. The zero-order valence-corrected chi connectivity index (χ0v) is 22.9. The van der Waals surface area contributed by atoms with Gasteiger partial charge >= 0.3 is 0 Å². The molecule has 11 heteroatoms. The molecule has 0 spiro atoms. The Labute approximate surface area is 242 Å². The lowest BCUT2D eigenvalue weighted by molar-refractivity contribution is 0.0949. The zero-order chi connectivity index (χ0) is 30.2. The molecule has 3 aromatic heterocycles. The third-order valence-corrected chi connectivity index (χ3v) is 7.11. The van der Waals surface area contributed by atoms with Crippen molar-refractivity contribution in [1.29, 1.82) is 0 Å². The first-order valence-corrected chi connectivity index (χ1v) is 13.3. The monoisotopic (exact) mass is 584 g/mol.